The average molecular weight is 395 g/mol. The average Bonchev–Trinajstić information content (AvgIpc) is 3.26. The van der Waals surface area contributed by atoms with E-state index >= 15 is 0 Å². The zero-order valence-corrected chi connectivity index (χ0v) is 15.9. The van der Waals surface area contributed by atoms with Gasteiger partial charge in [0.15, 0.2) is 0 Å². The number of rotatable bonds is 5. The summed E-state index contributed by atoms with van der Waals surface area (Å²) in [5, 5.41) is 13.7. The van der Waals surface area contributed by atoms with E-state index in [1.54, 1.807) is 18.2 Å². The summed E-state index contributed by atoms with van der Waals surface area (Å²) in [6.45, 7) is 1.82. The number of nitrogens with zero attached hydrogens (tertiary/aromatic N) is 4. The van der Waals surface area contributed by atoms with Crippen molar-refractivity contribution in [2.75, 3.05) is 19.5 Å². The number of tetrazole rings is 1. The van der Waals surface area contributed by atoms with Gasteiger partial charge in [0.25, 0.3) is 5.91 Å². The zero-order valence-electron chi connectivity index (χ0n) is 15.9. The molecule has 0 saturated carbocycles. The van der Waals surface area contributed by atoms with Crippen molar-refractivity contribution in [3.8, 4) is 5.69 Å². The summed E-state index contributed by atoms with van der Waals surface area (Å²) in [7, 11) is 2.45. The van der Waals surface area contributed by atoms with Crippen molar-refractivity contribution in [2.24, 2.45) is 0 Å². The Kier molecular flexibility index (Phi) is 5.63. The molecule has 0 spiro atoms. The van der Waals surface area contributed by atoms with E-state index in [-0.39, 0.29) is 16.8 Å². The number of nitrogens with one attached hydrogen (secondary N) is 1. The van der Waals surface area contributed by atoms with E-state index < -0.39 is 17.8 Å². The summed E-state index contributed by atoms with van der Waals surface area (Å²) in [5.74, 6) is -1.71. The van der Waals surface area contributed by atoms with E-state index in [2.05, 4.69) is 20.8 Å². The highest BCUT2D eigenvalue weighted by atomic mass is 16.5. The second-order valence-corrected chi connectivity index (χ2v) is 5.99. The predicted octanol–water partition coefficient (Wildman–Crippen LogP) is 1.80. The molecule has 1 N–H and O–H groups in total. The van der Waals surface area contributed by atoms with Crippen molar-refractivity contribution in [1.82, 2.24) is 20.2 Å². The van der Waals surface area contributed by atoms with Crippen LogP contribution in [0.5, 0.6) is 0 Å². The first-order valence-corrected chi connectivity index (χ1v) is 8.40. The summed E-state index contributed by atoms with van der Waals surface area (Å²) in [6, 6.07) is 9.17. The van der Waals surface area contributed by atoms with Gasteiger partial charge in [-0.25, -0.2) is 14.3 Å². The summed E-state index contributed by atoms with van der Waals surface area (Å²) in [4.78, 5) is 36.4. The van der Waals surface area contributed by atoms with Crippen LogP contribution in [0.3, 0.4) is 0 Å². The standard InChI is InChI=1S/C19H17N5O5/c1-11-6-12(4-5-16(11)24-10-20-22-23-24)17(25)21-15-8-13(18(26)28-2)7-14(9-15)19(27)29-3/h4-10H,1-3H3,(H,21,25). The third-order valence-corrected chi connectivity index (χ3v) is 4.09. The van der Waals surface area contributed by atoms with Crippen LogP contribution in [-0.4, -0.2) is 52.3 Å². The molecule has 148 valence electrons. The van der Waals surface area contributed by atoms with Gasteiger partial charge in [-0.05, 0) is 59.3 Å². The third kappa shape index (κ3) is 4.26. The lowest BCUT2D eigenvalue weighted by atomic mass is 10.1. The first-order chi connectivity index (χ1) is 13.9. The number of aryl methyl sites for hydroxylation is 1. The van der Waals surface area contributed by atoms with E-state index in [9.17, 15) is 14.4 Å². The highest BCUT2D eigenvalue weighted by Crippen LogP contribution is 2.19. The number of benzene rings is 2. The molecular weight excluding hydrogens is 378 g/mol. The lowest BCUT2D eigenvalue weighted by Gasteiger charge is -2.11. The van der Waals surface area contributed by atoms with Crippen LogP contribution in [-0.2, 0) is 9.47 Å². The van der Waals surface area contributed by atoms with Gasteiger partial charge < -0.3 is 14.8 Å². The maximum Gasteiger partial charge on any atom is 0.337 e. The minimum atomic E-state index is -0.645. The second-order valence-electron chi connectivity index (χ2n) is 5.99. The van der Waals surface area contributed by atoms with Crippen molar-refractivity contribution in [1.29, 1.82) is 0 Å². The molecule has 10 heteroatoms. The predicted molar refractivity (Wildman–Crippen MR) is 101 cm³/mol. The Balaban J connectivity index is 1.89. The lowest BCUT2D eigenvalue weighted by Crippen LogP contribution is -2.15. The van der Waals surface area contributed by atoms with E-state index in [1.807, 2.05) is 6.92 Å². The molecule has 0 unspecified atom stereocenters. The smallest absolute Gasteiger partial charge is 0.337 e. The van der Waals surface area contributed by atoms with Gasteiger partial charge in [-0.1, -0.05) is 0 Å². The van der Waals surface area contributed by atoms with Crippen LogP contribution in [0.2, 0.25) is 0 Å². The van der Waals surface area contributed by atoms with E-state index in [0.29, 0.717) is 5.56 Å². The van der Waals surface area contributed by atoms with Gasteiger partial charge in [0.2, 0.25) is 0 Å². The number of carbonyl (C=O) groups excluding carboxylic acids is 3. The molecule has 3 aromatic rings. The van der Waals surface area contributed by atoms with Crippen LogP contribution in [0.25, 0.3) is 5.69 Å². The van der Waals surface area contributed by atoms with E-state index in [4.69, 9.17) is 9.47 Å². The van der Waals surface area contributed by atoms with Gasteiger partial charge in [0.1, 0.15) is 6.33 Å². The number of hydrogen-bond donors (Lipinski definition) is 1. The van der Waals surface area contributed by atoms with Crippen LogP contribution in [0.1, 0.15) is 36.6 Å². The molecule has 0 saturated heterocycles. The zero-order chi connectivity index (χ0) is 21.0. The van der Waals surface area contributed by atoms with Gasteiger partial charge >= 0.3 is 11.9 Å². The van der Waals surface area contributed by atoms with Gasteiger partial charge in [-0.3, -0.25) is 4.79 Å². The minimum Gasteiger partial charge on any atom is -0.465 e. The molecule has 1 heterocycles. The minimum absolute atomic E-state index is 0.107. The number of amides is 1. The summed E-state index contributed by atoms with van der Waals surface area (Å²) in [5.41, 5.74) is 2.35. The van der Waals surface area contributed by atoms with Crippen LogP contribution < -0.4 is 5.32 Å². The molecule has 1 amide bonds. The Morgan fingerprint density at radius 3 is 2.10 bits per heavy atom. The Labute approximate surface area is 165 Å². The van der Waals surface area contributed by atoms with Crippen molar-refractivity contribution < 1.29 is 23.9 Å². The maximum absolute atomic E-state index is 12.7. The fourth-order valence-electron chi connectivity index (χ4n) is 2.70. The first-order valence-electron chi connectivity index (χ1n) is 8.40. The van der Waals surface area contributed by atoms with Crippen molar-refractivity contribution in [3.63, 3.8) is 0 Å². The molecule has 0 aliphatic heterocycles. The maximum atomic E-state index is 12.7. The molecule has 1 aromatic heterocycles. The molecule has 0 aliphatic rings. The molecule has 29 heavy (non-hydrogen) atoms. The van der Waals surface area contributed by atoms with Crippen LogP contribution >= 0.6 is 0 Å². The summed E-state index contributed by atoms with van der Waals surface area (Å²) >= 11 is 0. The first kappa shape index (κ1) is 19.7. The Morgan fingerprint density at radius 2 is 1.59 bits per heavy atom. The van der Waals surface area contributed by atoms with Crippen molar-refractivity contribution in [3.05, 3.63) is 65.0 Å². The molecule has 0 bridgehead atoms. The lowest BCUT2D eigenvalue weighted by molar-refractivity contribution is 0.0599. The molecule has 0 aliphatic carbocycles. The van der Waals surface area contributed by atoms with Crippen molar-refractivity contribution >= 4 is 23.5 Å². The SMILES string of the molecule is COC(=O)c1cc(NC(=O)c2ccc(-n3cnnn3)c(C)c2)cc(C(=O)OC)c1. The Bertz CT molecular complexity index is 1040. The fourth-order valence-corrected chi connectivity index (χ4v) is 2.70. The third-order valence-electron chi connectivity index (χ3n) is 4.09. The number of hydrogen-bond acceptors (Lipinski definition) is 8. The number of aromatic nitrogens is 4. The Morgan fingerprint density at radius 1 is 0.931 bits per heavy atom. The van der Waals surface area contributed by atoms with E-state index in [0.717, 1.165) is 11.3 Å². The molecule has 2 aromatic carbocycles. The van der Waals surface area contributed by atoms with Gasteiger partial charge in [0.05, 0.1) is 31.0 Å². The van der Waals surface area contributed by atoms with Crippen molar-refractivity contribution in [2.45, 2.75) is 6.92 Å². The number of anilines is 1. The number of ether oxygens (including phenoxy) is 2. The molecule has 0 radical (unpaired) electrons. The quantitative estimate of drug-likeness (QED) is 0.648. The van der Waals surface area contributed by atoms with Crippen LogP contribution in [0.4, 0.5) is 5.69 Å². The summed E-state index contributed by atoms with van der Waals surface area (Å²) < 4.78 is 10.9. The highest BCUT2D eigenvalue weighted by molar-refractivity contribution is 6.06. The number of methoxy groups -OCH3 is 2. The Hall–Kier alpha value is -4.08. The number of carbonyl (C=O) groups is 3. The highest BCUT2D eigenvalue weighted by Gasteiger charge is 2.16. The monoisotopic (exact) mass is 395 g/mol. The second kappa shape index (κ2) is 8.30. The molecule has 0 atom stereocenters. The normalized spacial score (nSPS) is 10.3. The van der Waals surface area contributed by atoms with Gasteiger partial charge in [-0.2, -0.15) is 0 Å². The fraction of sp³-hybridized carbons (Fsp3) is 0.158. The number of esters is 2. The van der Waals surface area contributed by atoms with Crippen LogP contribution in [0, 0.1) is 6.92 Å². The van der Waals surface area contributed by atoms with Crippen LogP contribution in [0.15, 0.2) is 42.7 Å². The summed E-state index contributed by atoms with van der Waals surface area (Å²) in [6.07, 6.45) is 1.45. The van der Waals surface area contributed by atoms with Gasteiger partial charge in [0, 0.05) is 11.3 Å². The van der Waals surface area contributed by atoms with Gasteiger partial charge in [-0.15, -0.1) is 5.10 Å². The topological polar surface area (TPSA) is 125 Å². The largest absolute Gasteiger partial charge is 0.465 e. The van der Waals surface area contributed by atoms with E-state index in [1.165, 1.54) is 43.4 Å². The molecule has 10 nitrogen and oxygen atoms in total. The molecular formula is C19H17N5O5. The molecule has 0 fully saturated rings. The molecule has 3 rings (SSSR count).